The van der Waals surface area contributed by atoms with Crippen LogP contribution in [-0.4, -0.2) is 39.4 Å². The molecule has 0 fully saturated rings. The summed E-state index contributed by atoms with van der Waals surface area (Å²) in [4.78, 5) is 22.3. The first kappa shape index (κ1) is 20.3. The van der Waals surface area contributed by atoms with Gasteiger partial charge in [-0.1, -0.05) is 12.6 Å². The van der Waals surface area contributed by atoms with E-state index >= 15 is 0 Å². The number of methoxy groups -OCH3 is 2. The highest BCUT2D eigenvalue weighted by Gasteiger charge is 2.06. The standard InChI is InChI=1S/C19H24O6/c1-14(2)19(21)25-12-6-5-11-24-16-9-7-15(13-17(16)22-3)8-10-18(20)23-4/h7-10,13H,1,5-6,11-12H2,2-4H3/b10-8+. The van der Waals surface area contributed by atoms with Crippen LogP contribution in [0.2, 0.25) is 0 Å². The molecule has 0 aliphatic rings. The second-order valence-corrected chi connectivity index (χ2v) is 5.24. The minimum atomic E-state index is -0.424. The predicted molar refractivity (Wildman–Crippen MR) is 94.5 cm³/mol. The van der Waals surface area contributed by atoms with Crippen LogP contribution in [0.25, 0.3) is 6.08 Å². The normalized spacial score (nSPS) is 10.4. The Morgan fingerprint density at radius 2 is 1.84 bits per heavy atom. The highest BCUT2D eigenvalue weighted by Crippen LogP contribution is 2.28. The van der Waals surface area contributed by atoms with Crippen molar-refractivity contribution in [2.45, 2.75) is 19.8 Å². The summed E-state index contributed by atoms with van der Waals surface area (Å²) in [5.41, 5.74) is 1.18. The smallest absolute Gasteiger partial charge is 0.333 e. The molecular weight excluding hydrogens is 324 g/mol. The lowest BCUT2D eigenvalue weighted by Crippen LogP contribution is -2.07. The van der Waals surface area contributed by atoms with E-state index in [1.165, 1.54) is 13.2 Å². The monoisotopic (exact) mass is 348 g/mol. The van der Waals surface area contributed by atoms with Gasteiger partial charge in [-0.2, -0.15) is 0 Å². The zero-order chi connectivity index (χ0) is 18.7. The quantitative estimate of drug-likeness (QED) is 0.367. The van der Waals surface area contributed by atoms with E-state index in [9.17, 15) is 9.59 Å². The Morgan fingerprint density at radius 3 is 2.48 bits per heavy atom. The number of rotatable bonds is 10. The van der Waals surface area contributed by atoms with Gasteiger partial charge < -0.3 is 18.9 Å². The summed E-state index contributed by atoms with van der Waals surface area (Å²) in [7, 11) is 2.87. The van der Waals surface area contributed by atoms with E-state index in [-0.39, 0.29) is 5.97 Å². The molecule has 0 aliphatic carbocycles. The molecule has 0 amide bonds. The van der Waals surface area contributed by atoms with E-state index in [2.05, 4.69) is 11.3 Å². The van der Waals surface area contributed by atoms with Crippen molar-refractivity contribution >= 4 is 18.0 Å². The molecule has 1 rings (SSSR count). The molecule has 0 unspecified atom stereocenters. The first-order valence-electron chi connectivity index (χ1n) is 7.87. The van der Waals surface area contributed by atoms with Gasteiger partial charge in [-0.15, -0.1) is 0 Å². The second-order valence-electron chi connectivity index (χ2n) is 5.24. The Morgan fingerprint density at radius 1 is 1.12 bits per heavy atom. The summed E-state index contributed by atoms with van der Waals surface area (Å²) in [6.07, 6.45) is 4.40. The van der Waals surface area contributed by atoms with Crippen molar-refractivity contribution in [3.05, 3.63) is 42.0 Å². The van der Waals surface area contributed by atoms with Gasteiger partial charge in [0.25, 0.3) is 0 Å². The van der Waals surface area contributed by atoms with Crippen LogP contribution in [0, 0.1) is 0 Å². The van der Waals surface area contributed by atoms with E-state index in [0.717, 1.165) is 12.0 Å². The van der Waals surface area contributed by atoms with Crippen LogP contribution >= 0.6 is 0 Å². The molecule has 0 N–H and O–H groups in total. The fourth-order valence-electron chi connectivity index (χ4n) is 1.81. The van der Waals surface area contributed by atoms with Crippen molar-refractivity contribution in [3.8, 4) is 11.5 Å². The SMILES string of the molecule is C=C(C)C(=O)OCCCCOc1ccc(/C=C/C(=O)OC)cc1OC. The summed E-state index contributed by atoms with van der Waals surface area (Å²) in [6.45, 7) is 5.94. The number of ether oxygens (including phenoxy) is 4. The summed E-state index contributed by atoms with van der Waals surface area (Å²) >= 11 is 0. The van der Waals surface area contributed by atoms with E-state index in [0.29, 0.717) is 36.7 Å². The lowest BCUT2D eigenvalue weighted by atomic mass is 10.2. The first-order valence-corrected chi connectivity index (χ1v) is 7.87. The highest BCUT2D eigenvalue weighted by atomic mass is 16.5. The first-order chi connectivity index (χ1) is 12.0. The lowest BCUT2D eigenvalue weighted by molar-refractivity contribution is -0.139. The van der Waals surface area contributed by atoms with Crippen molar-refractivity contribution in [3.63, 3.8) is 0 Å². The van der Waals surface area contributed by atoms with Crippen LogP contribution in [0.4, 0.5) is 0 Å². The number of hydrogen-bond acceptors (Lipinski definition) is 6. The Hall–Kier alpha value is -2.76. The van der Waals surface area contributed by atoms with Gasteiger partial charge in [0.2, 0.25) is 0 Å². The Labute approximate surface area is 148 Å². The van der Waals surface area contributed by atoms with E-state index in [1.54, 1.807) is 32.2 Å². The third-order valence-corrected chi connectivity index (χ3v) is 3.18. The summed E-state index contributed by atoms with van der Waals surface area (Å²) in [5.74, 6) is 0.377. The zero-order valence-electron chi connectivity index (χ0n) is 14.9. The number of benzene rings is 1. The molecule has 0 aromatic heterocycles. The topological polar surface area (TPSA) is 71.1 Å². The molecule has 0 spiro atoms. The van der Waals surface area contributed by atoms with Crippen molar-refractivity contribution in [1.29, 1.82) is 0 Å². The minimum absolute atomic E-state index is 0.337. The fourth-order valence-corrected chi connectivity index (χ4v) is 1.81. The number of hydrogen-bond donors (Lipinski definition) is 0. The maximum atomic E-state index is 11.2. The summed E-state index contributed by atoms with van der Waals surface area (Å²) in [6, 6.07) is 5.35. The molecule has 0 saturated heterocycles. The van der Waals surface area contributed by atoms with Crippen LogP contribution in [0.3, 0.4) is 0 Å². The van der Waals surface area contributed by atoms with Gasteiger partial charge in [0, 0.05) is 11.6 Å². The molecular formula is C19H24O6. The van der Waals surface area contributed by atoms with E-state index in [4.69, 9.17) is 14.2 Å². The largest absolute Gasteiger partial charge is 0.493 e. The van der Waals surface area contributed by atoms with Crippen molar-refractivity contribution in [2.24, 2.45) is 0 Å². The van der Waals surface area contributed by atoms with Crippen LogP contribution < -0.4 is 9.47 Å². The van der Waals surface area contributed by atoms with E-state index < -0.39 is 5.97 Å². The van der Waals surface area contributed by atoms with Gasteiger partial charge >= 0.3 is 11.9 Å². The number of carbonyl (C=O) groups is 2. The van der Waals surface area contributed by atoms with Gasteiger partial charge in [-0.05, 0) is 43.5 Å². The van der Waals surface area contributed by atoms with Gasteiger partial charge in [-0.25, -0.2) is 9.59 Å². The Kier molecular flexibility index (Phi) is 8.85. The van der Waals surface area contributed by atoms with Crippen molar-refractivity contribution < 1.29 is 28.5 Å². The van der Waals surface area contributed by atoms with Crippen molar-refractivity contribution in [1.82, 2.24) is 0 Å². The summed E-state index contributed by atoms with van der Waals surface area (Å²) in [5, 5.41) is 0. The maximum Gasteiger partial charge on any atom is 0.333 e. The maximum absolute atomic E-state index is 11.2. The van der Waals surface area contributed by atoms with Gasteiger partial charge in [0.1, 0.15) is 0 Å². The van der Waals surface area contributed by atoms with Crippen LogP contribution in [-0.2, 0) is 19.1 Å². The highest BCUT2D eigenvalue weighted by molar-refractivity contribution is 5.87. The Bertz CT molecular complexity index is 633. The molecule has 0 atom stereocenters. The van der Waals surface area contributed by atoms with Gasteiger partial charge in [-0.3, -0.25) is 0 Å². The molecule has 0 aliphatic heterocycles. The molecule has 0 radical (unpaired) electrons. The molecule has 1 aromatic rings. The molecule has 1 aromatic carbocycles. The molecule has 6 nitrogen and oxygen atoms in total. The molecule has 25 heavy (non-hydrogen) atoms. The third kappa shape index (κ3) is 7.56. The molecule has 0 bridgehead atoms. The lowest BCUT2D eigenvalue weighted by Gasteiger charge is -2.11. The van der Waals surface area contributed by atoms with Crippen LogP contribution in [0.15, 0.2) is 36.4 Å². The minimum Gasteiger partial charge on any atom is -0.493 e. The Balaban J connectivity index is 2.45. The molecule has 6 heteroatoms. The average molecular weight is 348 g/mol. The summed E-state index contributed by atoms with van der Waals surface area (Å²) < 4.78 is 20.5. The zero-order valence-corrected chi connectivity index (χ0v) is 14.9. The fraction of sp³-hybridized carbons (Fsp3) is 0.368. The number of carbonyl (C=O) groups excluding carboxylic acids is 2. The molecule has 0 heterocycles. The number of unbranched alkanes of at least 4 members (excludes halogenated alkanes) is 1. The van der Waals surface area contributed by atoms with Gasteiger partial charge in [0.05, 0.1) is 27.4 Å². The van der Waals surface area contributed by atoms with Gasteiger partial charge in [0.15, 0.2) is 11.5 Å². The molecule has 136 valence electrons. The average Bonchev–Trinajstić information content (AvgIpc) is 2.62. The van der Waals surface area contributed by atoms with E-state index in [1.807, 2.05) is 6.07 Å². The van der Waals surface area contributed by atoms with Crippen LogP contribution in [0.1, 0.15) is 25.3 Å². The second kappa shape index (κ2) is 10.9. The predicted octanol–water partition coefficient (Wildman–Crippen LogP) is 3.16. The van der Waals surface area contributed by atoms with Crippen molar-refractivity contribution in [2.75, 3.05) is 27.4 Å². The van der Waals surface area contributed by atoms with Crippen LogP contribution in [0.5, 0.6) is 11.5 Å². The number of esters is 2. The third-order valence-electron chi connectivity index (χ3n) is 3.18. The molecule has 0 saturated carbocycles.